The van der Waals surface area contributed by atoms with Crippen LogP contribution in [0.15, 0.2) is 24.7 Å². The zero-order chi connectivity index (χ0) is 18.0. The highest BCUT2D eigenvalue weighted by Gasteiger charge is 2.32. The zero-order valence-electron chi connectivity index (χ0n) is 14.4. The predicted octanol–water partition coefficient (Wildman–Crippen LogP) is 0.882. The van der Waals surface area contributed by atoms with Gasteiger partial charge < -0.3 is 15.4 Å². The predicted molar refractivity (Wildman–Crippen MR) is 90.1 cm³/mol. The molecular formula is C17H21N5O3. The van der Waals surface area contributed by atoms with Crippen LogP contribution in [0, 0.1) is 6.92 Å². The van der Waals surface area contributed by atoms with E-state index in [1.54, 1.807) is 23.1 Å². The van der Waals surface area contributed by atoms with E-state index in [-0.39, 0.29) is 29.6 Å². The Hall–Kier alpha value is -2.90. The fourth-order valence-corrected chi connectivity index (χ4v) is 2.98. The highest BCUT2D eigenvalue weighted by atomic mass is 16.5. The Morgan fingerprint density at radius 1 is 1.44 bits per heavy atom. The average Bonchev–Trinajstić information content (AvgIpc) is 3.02. The molecule has 1 aliphatic rings. The van der Waals surface area contributed by atoms with Crippen LogP contribution in [0.25, 0.3) is 0 Å². The Bertz CT molecular complexity index is 801. The number of amides is 2. The van der Waals surface area contributed by atoms with Gasteiger partial charge in [-0.3, -0.25) is 14.3 Å². The van der Waals surface area contributed by atoms with E-state index >= 15 is 0 Å². The third-order valence-electron chi connectivity index (χ3n) is 4.23. The van der Waals surface area contributed by atoms with Crippen molar-refractivity contribution in [2.24, 2.45) is 7.05 Å². The lowest BCUT2D eigenvalue weighted by atomic mass is 9.93. The number of rotatable bonds is 4. The second-order valence-corrected chi connectivity index (χ2v) is 6.17. The molecule has 2 aromatic heterocycles. The second kappa shape index (κ2) is 6.92. The number of carbonyl (C=O) groups is 2. The minimum atomic E-state index is -0.327. The van der Waals surface area contributed by atoms with Crippen LogP contribution < -0.4 is 15.4 Å². The molecule has 2 N–H and O–H groups in total. The molecule has 2 atom stereocenters. The number of methoxy groups -OCH3 is 1. The van der Waals surface area contributed by atoms with Gasteiger partial charge in [0.1, 0.15) is 5.75 Å². The number of piperidine rings is 1. The number of carbonyl (C=O) groups excluding carboxylic acids is 2. The minimum Gasteiger partial charge on any atom is -0.494 e. The van der Waals surface area contributed by atoms with Crippen molar-refractivity contribution >= 4 is 11.8 Å². The van der Waals surface area contributed by atoms with E-state index in [1.165, 1.54) is 7.11 Å². The molecule has 3 rings (SSSR count). The summed E-state index contributed by atoms with van der Waals surface area (Å²) in [5.41, 5.74) is 1.99. The third-order valence-corrected chi connectivity index (χ3v) is 4.23. The minimum absolute atomic E-state index is 0.0367. The molecule has 3 heterocycles. The lowest BCUT2D eigenvalue weighted by Crippen LogP contribution is -2.50. The summed E-state index contributed by atoms with van der Waals surface area (Å²) < 4.78 is 6.93. The van der Waals surface area contributed by atoms with Crippen LogP contribution in [-0.4, -0.2) is 39.7 Å². The molecule has 0 unspecified atom stereocenters. The molecule has 0 radical (unpaired) electrons. The number of nitrogens with zero attached hydrogens (tertiary/aromatic N) is 3. The summed E-state index contributed by atoms with van der Waals surface area (Å²) in [5, 5.41) is 10.1. The van der Waals surface area contributed by atoms with Gasteiger partial charge >= 0.3 is 0 Å². The molecule has 0 aromatic carbocycles. The molecule has 0 bridgehead atoms. The maximum absolute atomic E-state index is 12.7. The van der Waals surface area contributed by atoms with Crippen LogP contribution in [0.3, 0.4) is 0 Å². The van der Waals surface area contributed by atoms with Gasteiger partial charge in [0.25, 0.3) is 5.91 Å². The largest absolute Gasteiger partial charge is 0.494 e. The number of hydrogen-bond acceptors (Lipinski definition) is 5. The van der Waals surface area contributed by atoms with Gasteiger partial charge in [0, 0.05) is 31.4 Å². The Balaban J connectivity index is 1.82. The van der Waals surface area contributed by atoms with E-state index in [1.807, 2.05) is 20.2 Å². The maximum Gasteiger partial charge on any atom is 0.274 e. The fraction of sp³-hybridized carbons (Fsp3) is 0.412. The first kappa shape index (κ1) is 16.9. The van der Waals surface area contributed by atoms with E-state index in [4.69, 9.17) is 4.74 Å². The summed E-state index contributed by atoms with van der Waals surface area (Å²) in [6.45, 7) is 1.88. The smallest absolute Gasteiger partial charge is 0.274 e. The Kier molecular flexibility index (Phi) is 4.69. The van der Waals surface area contributed by atoms with E-state index in [2.05, 4.69) is 20.7 Å². The van der Waals surface area contributed by atoms with Crippen LogP contribution in [-0.2, 0) is 11.8 Å². The van der Waals surface area contributed by atoms with Crippen molar-refractivity contribution in [1.29, 1.82) is 0 Å². The van der Waals surface area contributed by atoms with Gasteiger partial charge in [-0.15, -0.1) is 0 Å². The monoisotopic (exact) mass is 343 g/mol. The molecule has 25 heavy (non-hydrogen) atoms. The third kappa shape index (κ3) is 3.62. The lowest BCUT2D eigenvalue weighted by Gasteiger charge is -2.32. The van der Waals surface area contributed by atoms with E-state index in [0.29, 0.717) is 18.6 Å². The first-order valence-corrected chi connectivity index (χ1v) is 8.07. The molecule has 8 heteroatoms. The topological polar surface area (TPSA) is 98.1 Å². The van der Waals surface area contributed by atoms with Gasteiger partial charge in [-0.2, -0.15) is 5.10 Å². The molecule has 132 valence electrons. The molecule has 0 saturated carbocycles. The maximum atomic E-state index is 12.7. The number of hydrogen-bond donors (Lipinski definition) is 2. The Morgan fingerprint density at radius 2 is 2.24 bits per heavy atom. The van der Waals surface area contributed by atoms with Crippen LogP contribution >= 0.6 is 0 Å². The van der Waals surface area contributed by atoms with Crippen molar-refractivity contribution < 1.29 is 14.3 Å². The second-order valence-electron chi connectivity index (χ2n) is 6.17. The van der Waals surface area contributed by atoms with Crippen molar-refractivity contribution in [2.75, 3.05) is 7.11 Å². The van der Waals surface area contributed by atoms with Crippen molar-refractivity contribution in [1.82, 2.24) is 25.4 Å². The Labute approximate surface area is 145 Å². The van der Waals surface area contributed by atoms with E-state index < -0.39 is 0 Å². The molecule has 2 aromatic rings. The zero-order valence-corrected chi connectivity index (χ0v) is 14.4. The summed E-state index contributed by atoms with van der Waals surface area (Å²) in [7, 11) is 3.31. The van der Waals surface area contributed by atoms with E-state index in [0.717, 1.165) is 11.1 Å². The van der Waals surface area contributed by atoms with Crippen LogP contribution in [0.2, 0.25) is 0 Å². The van der Waals surface area contributed by atoms with Crippen molar-refractivity contribution in [3.8, 4) is 5.75 Å². The number of ether oxygens (including phenoxy) is 1. The van der Waals surface area contributed by atoms with Crippen molar-refractivity contribution in [3.63, 3.8) is 0 Å². The summed E-state index contributed by atoms with van der Waals surface area (Å²) in [6.07, 6.45) is 6.06. The standard InChI is InChI=1S/C17H21N5O3/c1-10-6-13(25-3)16(18-7-10)17(24)20-12-4-5-14(23)21-15(12)11-8-19-22(2)9-11/h6-9,12,15H,4-5H2,1-3H3,(H,20,24)(H,21,23)/t12-,15+/m1/s1. The normalized spacial score (nSPS) is 20.0. The number of aromatic nitrogens is 3. The number of aryl methyl sites for hydroxylation is 2. The van der Waals surface area contributed by atoms with Crippen LogP contribution in [0.4, 0.5) is 0 Å². The number of pyridine rings is 1. The van der Waals surface area contributed by atoms with Crippen LogP contribution in [0.1, 0.15) is 40.5 Å². The summed E-state index contributed by atoms with van der Waals surface area (Å²) in [5.74, 6) is 0.0626. The molecule has 8 nitrogen and oxygen atoms in total. The molecule has 0 aliphatic carbocycles. The molecule has 0 spiro atoms. The first-order valence-electron chi connectivity index (χ1n) is 8.07. The highest BCUT2D eigenvalue weighted by Crippen LogP contribution is 2.25. The number of nitrogens with one attached hydrogen (secondary N) is 2. The quantitative estimate of drug-likeness (QED) is 0.859. The molecule has 2 amide bonds. The molecule has 1 saturated heterocycles. The van der Waals surface area contributed by atoms with Crippen molar-refractivity contribution in [2.45, 2.75) is 31.8 Å². The lowest BCUT2D eigenvalue weighted by molar-refractivity contribution is -0.123. The van der Waals surface area contributed by atoms with Gasteiger partial charge in [-0.25, -0.2) is 4.98 Å². The van der Waals surface area contributed by atoms with E-state index in [9.17, 15) is 9.59 Å². The van der Waals surface area contributed by atoms with Gasteiger partial charge in [0.2, 0.25) is 5.91 Å². The SMILES string of the molecule is COc1cc(C)cnc1C(=O)N[C@@H]1CCC(=O)N[C@H]1c1cnn(C)c1. The van der Waals surface area contributed by atoms with Crippen molar-refractivity contribution in [3.05, 3.63) is 41.5 Å². The highest BCUT2D eigenvalue weighted by molar-refractivity contribution is 5.95. The average molecular weight is 343 g/mol. The summed E-state index contributed by atoms with van der Waals surface area (Å²) >= 11 is 0. The Morgan fingerprint density at radius 3 is 2.92 bits per heavy atom. The van der Waals surface area contributed by atoms with Gasteiger partial charge in [0.05, 0.1) is 25.4 Å². The summed E-state index contributed by atoms with van der Waals surface area (Å²) in [6, 6.07) is 1.20. The first-order chi connectivity index (χ1) is 12.0. The fourth-order valence-electron chi connectivity index (χ4n) is 2.98. The van der Waals surface area contributed by atoms with Crippen LogP contribution in [0.5, 0.6) is 5.75 Å². The summed E-state index contributed by atoms with van der Waals surface area (Å²) in [4.78, 5) is 28.7. The van der Waals surface area contributed by atoms with Gasteiger partial charge in [-0.05, 0) is 25.0 Å². The van der Waals surface area contributed by atoms with Gasteiger partial charge in [-0.1, -0.05) is 0 Å². The molecule has 1 fully saturated rings. The van der Waals surface area contributed by atoms with Gasteiger partial charge in [0.15, 0.2) is 5.69 Å². The molecular weight excluding hydrogens is 322 g/mol. The molecule has 1 aliphatic heterocycles.